The fourth-order valence-electron chi connectivity index (χ4n) is 1.66. The van der Waals surface area contributed by atoms with Gasteiger partial charge in [0.1, 0.15) is 11.6 Å². The molecule has 5 heteroatoms. The molecule has 2 rings (SSSR count). The third kappa shape index (κ3) is 3.28. The lowest BCUT2D eigenvalue weighted by Crippen LogP contribution is -2.15. The second-order valence-corrected chi connectivity index (χ2v) is 3.89. The number of amides is 1. The molecule has 2 aromatic rings. The van der Waals surface area contributed by atoms with Gasteiger partial charge < -0.3 is 10.6 Å². The summed E-state index contributed by atoms with van der Waals surface area (Å²) in [6.45, 7) is 2.58. The second-order valence-electron chi connectivity index (χ2n) is 3.89. The number of aromatic nitrogens is 1. The zero-order chi connectivity index (χ0) is 13.7. The Morgan fingerprint density at radius 3 is 2.89 bits per heavy atom. The number of hydrogen-bond donors (Lipinski definition) is 2. The normalized spacial score (nSPS) is 10.0. The van der Waals surface area contributed by atoms with Crippen LogP contribution in [0.1, 0.15) is 17.3 Å². The highest BCUT2D eigenvalue weighted by Gasteiger charge is 2.11. The van der Waals surface area contributed by atoms with E-state index < -0.39 is 5.82 Å². The van der Waals surface area contributed by atoms with Crippen molar-refractivity contribution in [2.24, 2.45) is 0 Å². The van der Waals surface area contributed by atoms with E-state index in [2.05, 4.69) is 15.6 Å². The fourth-order valence-corrected chi connectivity index (χ4v) is 1.66. The maximum atomic E-state index is 13.0. The first kappa shape index (κ1) is 13.0. The molecule has 0 radical (unpaired) electrons. The SMILES string of the molecule is CCNc1ncccc1C(=O)Nc1cccc(F)c1. The van der Waals surface area contributed by atoms with Crippen molar-refractivity contribution in [2.45, 2.75) is 6.92 Å². The van der Waals surface area contributed by atoms with Crippen molar-refractivity contribution in [3.05, 3.63) is 54.0 Å². The minimum Gasteiger partial charge on any atom is -0.370 e. The van der Waals surface area contributed by atoms with Crippen molar-refractivity contribution < 1.29 is 9.18 Å². The molecule has 0 unspecified atom stereocenters. The lowest BCUT2D eigenvalue weighted by atomic mass is 10.2. The van der Waals surface area contributed by atoms with Gasteiger partial charge in [-0.15, -0.1) is 0 Å². The molecule has 1 amide bonds. The molecule has 4 nitrogen and oxygen atoms in total. The molecular formula is C14H14FN3O. The van der Waals surface area contributed by atoms with E-state index in [0.29, 0.717) is 23.6 Å². The van der Waals surface area contributed by atoms with Crippen LogP contribution in [0.25, 0.3) is 0 Å². The molecule has 0 atom stereocenters. The van der Waals surface area contributed by atoms with Gasteiger partial charge in [-0.1, -0.05) is 6.07 Å². The first-order valence-electron chi connectivity index (χ1n) is 5.96. The van der Waals surface area contributed by atoms with Gasteiger partial charge in [0.25, 0.3) is 5.91 Å². The Labute approximate surface area is 110 Å². The predicted octanol–water partition coefficient (Wildman–Crippen LogP) is 2.90. The van der Waals surface area contributed by atoms with Gasteiger partial charge in [0.2, 0.25) is 0 Å². The molecule has 0 spiro atoms. The Morgan fingerprint density at radius 2 is 2.16 bits per heavy atom. The van der Waals surface area contributed by atoms with E-state index >= 15 is 0 Å². The minimum absolute atomic E-state index is 0.324. The molecule has 0 aliphatic heterocycles. The highest BCUT2D eigenvalue weighted by Crippen LogP contribution is 2.15. The van der Waals surface area contributed by atoms with E-state index in [1.165, 1.54) is 12.1 Å². The monoisotopic (exact) mass is 259 g/mol. The zero-order valence-corrected chi connectivity index (χ0v) is 10.5. The third-order valence-electron chi connectivity index (χ3n) is 2.48. The maximum Gasteiger partial charge on any atom is 0.259 e. The van der Waals surface area contributed by atoms with Crippen LogP contribution in [0.3, 0.4) is 0 Å². The molecule has 2 N–H and O–H groups in total. The topological polar surface area (TPSA) is 54.0 Å². The second kappa shape index (κ2) is 5.95. The number of carbonyl (C=O) groups is 1. The lowest BCUT2D eigenvalue weighted by molar-refractivity contribution is 0.102. The predicted molar refractivity (Wildman–Crippen MR) is 72.8 cm³/mol. The van der Waals surface area contributed by atoms with E-state index in [4.69, 9.17) is 0 Å². The van der Waals surface area contributed by atoms with Gasteiger partial charge in [0, 0.05) is 18.4 Å². The lowest BCUT2D eigenvalue weighted by Gasteiger charge is -2.09. The summed E-state index contributed by atoms with van der Waals surface area (Å²) in [6.07, 6.45) is 1.61. The summed E-state index contributed by atoms with van der Waals surface area (Å²) in [5, 5.41) is 5.65. The van der Waals surface area contributed by atoms with Crippen LogP contribution in [-0.4, -0.2) is 17.4 Å². The molecule has 98 valence electrons. The molecular weight excluding hydrogens is 245 g/mol. The van der Waals surface area contributed by atoms with Crippen LogP contribution >= 0.6 is 0 Å². The molecule has 0 fully saturated rings. The van der Waals surface area contributed by atoms with E-state index in [0.717, 1.165) is 0 Å². The van der Waals surface area contributed by atoms with E-state index in [-0.39, 0.29) is 5.91 Å². The van der Waals surface area contributed by atoms with Crippen LogP contribution in [0, 0.1) is 5.82 Å². The third-order valence-corrected chi connectivity index (χ3v) is 2.48. The summed E-state index contributed by atoms with van der Waals surface area (Å²) in [5.74, 6) is -0.204. The smallest absolute Gasteiger partial charge is 0.259 e. The van der Waals surface area contributed by atoms with Gasteiger partial charge >= 0.3 is 0 Å². The van der Waals surface area contributed by atoms with Crippen LogP contribution in [0.15, 0.2) is 42.6 Å². The molecule has 0 aliphatic rings. The standard InChI is InChI=1S/C14H14FN3O/c1-2-16-13-12(7-4-8-17-13)14(19)18-11-6-3-5-10(15)9-11/h3-9H,2H2,1H3,(H,16,17)(H,18,19). The summed E-state index contributed by atoms with van der Waals surface area (Å²) in [5.41, 5.74) is 0.838. The highest BCUT2D eigenvalue weighted by atomic mass is 19.1. The quantitative estimate of drug-likeness (QED) is 0.887. The Bertz CT molecular complexity index is 586. The zero-order valence-electron chi connectivity index (χ0n) is 10.5. The van der Waals surface area contributed by atoms with Crippen LogP contribution in [-0.2, 0) is 0 Å². The van der Waals surface area contributed by atoms with Gasteiger partial charge in [-0.3, -0.25) is 4.79 Å². The average Bonchev–Trinajstić information content (AvgIpc) is 2.39. The Kier molecular flexibility index (Phi) is 4.07. The summed E-state index contributed by atoms with van der Waals surface area (Å²) in [6, 6.07) is 9.11. The van der Waals surface area contributed by atoms with E-state index in [1.54, 1.807) is 30.5 Å². The van der Waals surface area contributed by atoms with Crippen molar-refractivity contribution in [3.8, 4) is 0 Å². The van der Waals surface area contributed by atoms with Crippen LogP contribution in [0.2, 0.25) is 0 Å². The maximum absolute atomic E-state index is 13.0. The molecule has 0 aliphatic carbocycles. The van der Waals surface area contributed by atoms with Crippen LogP contribution < -0.4 is 10.6 Å². The van der Waals surface area contributed by atoms with E-state index in [1.807, 2.05) is 6.92 Å². The number of benzene rings is 1. The summed E-state index contributed by atoms with van der Waals surface area (Å²) in [7, 11) is 0. The number of halogens is 1. The Balaban J connectivity index is 2.20. The van der Waals surface area contributed by atoms with Gasteiger partial charge in [-0.05, 0) is 37.3 Å². The molecule has 0 bridgehead atoms. The van der Waals surface area contributed by atoms with Crippen molar-refractivity contribution >= 4 is 17.4 Å². The molecule has 19 heavy (non-hydrogen) atoms. The Hall–Kier alpha value is -2.43. The highest BCUT2D eigenvalue weighted by molar-refractivity contribution is 6.07. The first-order chi connectivity index (χ1) is 9.20. The summed E-state index contributed by atoms with van der Waals surface area (Å²) < 4.78 is 13.0. The van der Waals surface area contributed by atoms with Crippen LogP contribution in [0.4, 0.5) is 15.9 Å². The van der Waals surface area contributed by atoms with Crippen molar-refractivity contribution in [1.29, 1.82) is 0 Å². The van der Waals surface area contributed by atoms with Gasteiger partial charge in [-0.25, -0.2) is 9.37 Å². The largest absolute Gasteiger partial charge is 0.370 e. The van der Waals surface area contributed by atoms with Gasteiger partial charge in [0.15, 0.2) is 0 Å². The number of carbonyl (C=O) groups excluding carboxylic acids is 1. The number of pyridine rings is 1. The summed E-state index contributed by atoms with van der Waals surface area (Å²) >= 11 is 0. The molecule has 0 saturated heterocycles. The molecule has 1 heterocycles. The summed E-state index contributed by atoms with van der Waals surface area (Å²) in [4.78, 5) is 16.2. The number of anilines is 2. The number of hydrogen-bond acceptors (Lipinski definition) is 3. The minimum atomic E-state index is -0.393. The van der Waals surface area contributed by atoms with Crippen molar-refractivity contribution in [2.75, 3.05) is 17.2 Å². The fraction of sp³-hybridized carbons (Fsp3) is 0.143. The number of nitrogens with one attached hydrogen (secondary N) is 2. The molecule has 1 aromatic carbocycles. The number of nitrogens with zero attached hydrogens (tertiary/aromatic N) is 1. The van der Waals surface area contributed by atoms with Crippen molar-refractivity contribution in [1.82, 2.24) is 4.98 Å². The molecule has 0 saturated carbocycles. The molecule has 1 aromatic heterocycles. The van der Waals surface area contributed by atoms with Gasteiger partial charge in [-0.2, -0.15) is 0 Å². The van der Waals surface area contributed by atoms with Gasteiger partial charge in [0.05, 0.1) is 5.56 Å². The first-order valence-corrected chi connectivity index (χ1v) is 5.96. The van der Waals surface area contributed by atoms with Crippen molar-refractivity contribution in [3.63, 3.8) is 0 Å². The van der Waals surface area contributed by atoms with Crippen LogP contribution in [0.5, 0.6) is 0 Å². The Morgan fingerprint density at radius 1 is 1.32 bits per heavy atom. The number of rotatable bonds is 4. The average molecular weight is 259 g/mol. The van der Waals surface area contributed by atoms with E-state index in [9.17, 15) is 9.18 Å².